The van der Waals surface area contributed by atoms with E-state index in [1.165, 1.54) is 6.07 Å². The predicted molar refractivity (Wildman–Crippen MR) is 127 cm³/mol. The van der Waals surface area contributed by atoms with Crippen molar-refractivity contribution in [3.05, 3.63) is 52.8 Å². The molecule has 0 aromatic heterocycles. The van der Waals surface area contributed by atoms with Crippen molar-refractivity contribution in [2.75, 3.05) is 13.2 Å². The Balaban J connectivity index is 1.81. The molecule has 1 aliphatic heterocycles. The van der Waals surface area contributed by atoms with Gasteiger partial charge in [-0.2, -0.15) is 0 Å². The first-order chi connectivity index (χ1) is 15.9. The molecule has 0 bridgehead atoms. The van der Waals surface area contributed by atoms with Gasteiger partial charge in [0.1, 0.15) is 17.6 Å². The summed E-state index contributed by atoms with van der Waals surface area (Å²) in [7, 11) is -0.717. The molecule has 2 aromatic carbocycles. The maximum absolute atomic E-state index is 15.1. The van der Waals surface area contributed by atoms with Gasteiger partial charge in [0.2, 0.25) is 0 Å². The zero-order chi connectivity index (χ0) is 25.1. The van der Waals surface area contributed by atoms with Crippen LogP contribution < -0.4 is 15.5 Å². The van der Waals surface area contributed by atoms with Crippen molar-refractivity contribution >= 4 is 25.0 Å². The number of nitrogens with one attached hydrogen (secondary N) is 1. The summed E-state index contributed by atoms with van der Waals surface area (Å²) in [5.41, 5.74) is 1.06. The molecule has 2 aromatic rings. The van der Waals surface area contributed by atoms with E-state index in [1.807, 2.05) is 13.8 Å². The Morgan fingerprint density at radius 1 is 1.18 bits per heavy atom. The van der Waals surface area contributed by atoms with Gasteiger partial charge in [-0.15, -0.1) is 0 Å². The van der Waals surface area contributed by atoms with Crippen molar-refractivity contribution < 1.29 is 32.8 Å². The Hall–Kier alpha value is -2.91. The number of carbonyl (C=O) groups is 2. The second-order valence-electron chi connectivity index (χ2n) is 10.1. The summed E-state index contributed by atoms with van der Waals surface area (Å²) >= 11 is 0. The highest BCUT2D eigenvalue weighted by atomic mass is 19.1. The summed E-state index contributed by atoms with van der Waals surface area (Å²) in [6.45, 7) is 12.0. The summed E-state index contributed by atoms with van der Waals surface area (Å²) in [6, 6.07) is 7.90. The lowest BCUT2D eigenvalue weighted by molar-refractivity contribution is 0.0342. The van der Waals surface area contributed by atoms with Gasteiger partial charge in [0.25, 0.3) is 0 Å². The van der Waals surface area contributed by atoms with Crippen molar-refractivity contribution in [1.29, 1.82) is 0 Å². The zero-order valence-electron chi connectivity index (χ0n) is 20.5. The van der Waals surface area contributed by atoms with Gasteiger partial charge in [-0.05, 0) is 56.9 Å². The van der Waals surface area contributed by atoms with E-state index in [1.54, 1.807) is 52.0 Å². The van der Waals surface area contributed by atoms with Crippen molar-refractivity contribution in [3.8, 4) is 11.5 Å². The van der Waals surface area contributed by atoms with Crippen LogP contribution in [0.3, 0.4) is 0 Å². The van der Waals surface area contributed by atoms with Crippen LogP contribution in [0, 0.1) is 18.2 Å². The molecule has 1 aliphatic rings. The van der Waals surface area contributed by atoms with E-state index in [-0.39, 0.29) is 23.3 Å². The minimum Gasteiger partial charge on any atom is -0.454 e. The molecule has 0 unspecified atom stereocenters. The van der Waals surface area contributed by atoms with Gasteiger partial charge in [-0.25, -0.2) is 9.18 Å². The van der Waals surface area contributed by atoms with Crippen molar-refractivity contribution in [1.82, 2.24) is 5.32 Å². The van der Waals surface area contributed by atoms with Crippen molar-refractivity contribution in [2.45, 2.75) is 53.7 Å². The number of ether oxygens (including phenoxy) is 2. The molecule has 1 fully saturated rings. The number of benzene rings is 2. The first-order valence-corrected chi connectivity index (χ1v) is 11.1. The molecule has 1 heterocycles. The molecule has 1 saturated heterocycles. The van der Waals surface area contributed by atoms with Crippen molar-refractivity contribution in [2.24, 2.45) is 5.41 Å². The van der Waals surface area contributed by atoms with Crippen LogP contribution in [-0.4, -0.2) is 38.3 Å². The lowest BCUT2D eigenvalue weighted by Crippen LogP contribution is -2.49. The zero-order valence-corrected chi connectivity index (χ0v) is 20.5. The topological polar surface area (TPSA) is 83.1 Å². The van der Waals surface area contributed by atoms with Crippen LogP contribution in [-0.2, 0) is 20.6 Å². The number of aldehydes is 1. The molecule has 0 saturated carbocycles. The van der Waals surface area contributed by atoms with Crippen LogP contribution in [0.25, 0.3) is 0 Å². The Labute approximate surface area is 200 Å². The van der Waals surface area contributed by atoms with E-state index in [0.717, 1.165) is 6.29 Å². The molecule has 1 amide bonds. The number of hydrogen-bond donors (Lipinski definition) is 1. The van der Waals surface area contributed by atoms with E-state index in [2.05, 4.69) is 5.32 Å². The number of hydrogen-bond acceptors (Lipinski definition) is 6. The van der Waals surface area contributed by atoms with Gasteiger partial charge in [0.15, 0.2) is 11.6 Å². The van der Waals surface area contributed by atoms with Crippen LogP contribution in [0.1, 0.15) is 56.1 Å². The third kappa shape index (κ3) is 6.36. The summed E-state index contributed by atoms with van der Waals surface area (Å²) in [5, 5.41) is 2.54. The maximum atomic E-state index is 15.1. The standard InChI is InChI=1S/C25H31BFNO6/c1-16-19(11-10-18(13-29)21(16)26-31-14-25(5,6)15-32-26)33-20-9-7-8-17(22(20)27)12-28-23(30)34-24(2,3)4/h7-11,13H,12,14-15H2,1-6H3,(H,28,30). The fourth-order valence-corrected chi connectivity index (χ4v) is 3.49. The molecular weight excluding hydrogens is 440 g/mol. The monoisotopic (exact) mass is 471 g/mol. The number of amides is 1. The van der Waals surface area contributed by atoms with Crippen LogP contribution >= 0.6 is 0 Å². The molecule has 9 heteroatoms. The largest absolute Gasteiger partial charge is 0.495 e. The van der Waals surface area contributed by atoms with E-state index < -0.39 is 24.6 Å². The van der Waals surface area contributed by atoms with E-state index in [0.29, 0.717) is 35.6 Å². The SMILES string of the molecule is Cc1c(Oc2cccc(CNC(=O)OC(C)(C)C)c2F)ccc(C=O)c1B1OCC(C)(C)CO1. The second kappa shape index (κ2) is 10.2. The van der Waals surface area contributed by atoms with Crippen LogP contribution in [0.15, 0.2) is 30.3 Å². The molecule has 7 nitrogen and oxygen atoms in total. The van der Waals surface area contributed by atoms with Gasteiger partial charge >= 0.3 is 13.2 Å². The van der Waals surface area contributed by atoms with Gasteiger partial charge in [-0.3, -0.25) is 4.79 Å². The second-order valence-corrected chi connectivity index (χ2v) is 10.1. The molecule has 0 radical (unpaired) electrons. The highest BCUT2D eigenvalue weighted by Gasteiger charge is 2.36. The van der Waals surface area contributed by atoms with Crippen LogP contribution in [0.2, 0.25) is 0 Å². The van der Waals surface area contributed by atoms with Gasteiger partial charge in [0.05, 0.1) is 0 Å². The van der Waals surface area contributed by atoms with Gasteiger partial charge < -0.3 is 24.1 Å². The Morgan fingerprint density at radius 2 is 1.85 bits per heavy atom. The van der Waals surface area contributed by atoms with Crippen LogP contribution in [0.5, 0.6) is 11.5 Å². The molecule has 0 atom stereocenters. The Kier molecular flexibility index (Phi) is 7.68. The molecule has 0 aliphatic carbocycles. The molecule has 0 spiro atoms. The molecule has 34 heavy (non-hydrogen) atoms. The number of rotatable bonds is 6. The Bertz CT molecular complexity index is 1060. The summed E-state index contributed by atoms with van der Waals surface area (Å²) < 4.78 is 38.0. The summed E-state index contributed by atoms with van der Waals surface area (Å²) in [6.07, 6.45) is 0.0982. The molecule has 3 rings (SSSR count). The quantitative estimate of drug-likeness (QED) is 0.493. The lowest BCUT2D eigenvalue weighted by atomic mass is 9.71. The third-order valence-electron chi connectivity index (χ3n) is 5.20. The summed E-state index contributed by atoms with van der Waals surface area (Å²) in [5.74, 6) is -0.248. The molecule has 182 valence electrons. The molecular formula is C25H31BFNO6. The lowest BCUT2D eigenvalue weighted by Gasteiger charge is -2.34. The average molecular weight is 471 g/mol. The molecule has 1 N–H and O–H groups in total. The third-order valence-corrected chi connectivity index (χ3v) is 5.20. The normalized spacial score (nSPS) is 15.6. The number of halogens is 1. The summed E-state index contributed by atoms with van der Waals surface area (Å²) in [4.78, 5) is 23.6. The highest BCUT2D eigenvalue weighted by Crippen LogP contribution is 2.30. The first-order valence-electron chi connectivity index (χ1n) is 11.1. The fourth-order valence-electron chi connectivity index (χ4n) is 3.49. The van der Waals surface area contributed by atoms with E-state index in [9.17, 15) is 9.59 Å². The van der Waals surface area contributed by atoms with Crippen molar-refractivity contribution in [3.63, 3.8) is 0 Å². The van der Waals surface area contributed by atoms with E-state index >= 15 is 4.39 Å². The van der Waals surface area contributed by atoms with Crippen LogP contribution in [0.4, 0.5) is 9.18 Å². The first kappa shape index (κ1) is 25.7. The Morgan fingerprint density at radius 3 is 2.47 bits per heavy atom. The predicted octanol–water partition coefficient (Wildman–Crippen LogP) is 4.53. The highest BCUT2D eigenvalue weighted by molar-refractivity contribution is 6.63. The maximum Gasteiger partial charge on any atom is 0.495 e. The fraction of sp³-hybridized carbons (Fsp3) is 0.440. The minimum atomic E-state index is -0.717. The smallest absolute Gasteiger partial charge is 0.454 e. The van der Waals surface area contributed by atoms with Gasteiger partial charge in [0, 0.05) is 36.3 Å². The number of carbonyl (C=O) groups excluding carboxylic acids is 2. The van der Waals surface area contributed by atoms with Gasteiger partial charge in [-0.1, -0.05) is 26.0 Å². The number of alkyl carbamates (subject to hydrolysis) is 1. The minimum absolute atomic E-state index is 0.0111. The average Bonchev–Trinajstić information content (AvgIpc) is 2.74. The van der Waals surface area contributed by atoms with E-state index in [4.69, 9.17) is 18.8 Å².